The molecule has 0 unspecified atom stereocenters. The van der Waals surface area contributed by atoms with Gasteiger partial charge in [-0.25, -0.2) is 0 Å². The SMILES string of the molecule is CC(=O)O.CC(C)=O.CO.ClC(Cl)Cl.O. The number of carboxylic acids is 1. The molecule has 5 nitrogen and oxygen atoms in total. The number of hydrogen-bond acceptors (Lipinski definition) is 3. The van der Waals surface area contributed by atoms with Crippen LogP contribution in [0.1, 0.15) is 20.8 Å². The third-order valence-electron chi connectivity index (χ3n) is 0. The normalized spacial score (nSPS) is 6.20. The average Bonchev–Trinajstić information content (AvgIpc) is 1.86. The molecule has 0 amide bonds. The lowest BCUT2D eigenvalue weighted by Crippen LogP contribution is -1.78. The van der Waals surface area contributed by atoms with Crippen molar-refractivity contribution in [3.63, 3.8) is 0 Å². The van der Waals surface area contributed by atoms with Crippen molar-refractivity contribution in [3.8, 4) is 0 Å². The van der Waals surface area contributed by atoms with Gasteiger partial charge in [0.1, 0.15) is 5.78 Å². The van der Waals surface area contributed by atoms with Crippen molar-refractivity contribution < 1.29 is 25.3 Å². The van der Waals surface area contributed by atoms with Crippen LogP contribution in [0.25, 0.3) is 0 Å². The zero-order chi connectivity index (χ0) is 12.7. The van der Waals surface area contributed by atoms with Crippen LogP contribution in [0.4, 0.5) is 0 Å². The van der Waals surface area contributed by atoms with E-state index in [1.54, 1.807) is 0 Å². The second kappa shape index (κ2) is 29.2. The number of alkyl halides is 3. The summed E-state index contributed by atoms with van der Waals surface area (Å²) in [5, 5.41) is 14.4. The molecule has 0 fully saturated rings. The first-order valence-electron chi connectivity index (χ1n) is 3.23. The summed E-state index contributed by atoms with van der Waals surface area (Å²) in [7, 11) is 1.00. The molecule has 0 bridgehead atoms. The molecule has 0 aromatic heterocycles. The second-order valence-corrected chi connectivity index (χ2v) is 3.65. The van der Waals surface area contributed by atoms with Crippen molar-refractivity contribution in [2.45, 2.75) is 25.1 Å². The van der Waals surface area contributed by atoms with Gasteiger partial charge in [-0.3, -0.25) is 4.79 Å². The van der Waals surface area contributed by atoms with Gasteiger partial charge in [-0.15, -0.1) is 0 Å². The van der Waals surface area contributed by atoms with Gasteiger partial charge in [0, 0.05) is 14.0 Å². The van der Waals surface area contributed by atoms with Crippen LogP contribution in [-0.2, 0) is 9.59 Å². The van der Waals surface area contributed by atoms with Crippen LogP contribution in [0.15, 0.2) is 0 Å². The van der Waals surface area contributed by atoms with Crippen molar-refractivity contribution in [2.75, 3.05) is 7.11 Å². The number of aliphatic hydroxyl groups excluding tert-OH is 1. The fourth-order valence-electron chi connectivity index (χ4n) is 0. The largest absolute Gasteiger partial charge is 0.481 e. The molecule has 0 aromatic carbocycles. The quantitative estimate of drug-likeness (QED) is 0.658. The molecule has 0 aromatic rings. The van der Waals surface area contributed by atoms with Gasteiger partial charge < -0.3 is 20.5 Å². The number of halogens is 3. The molecule has 0 aliphatic rings. The Bertz CT molecular complexity index is 107. The summed E-state index contributed by atoms with van der Waals surface area (Å²) < 4.78 is -0.750. The second-order valence-electron chi connectivity index (χ2n) is 1.67. The average molecular weight is 288 g/mol. The van der Waals surface area contributed by atoms with Crippen molar-refractivity contribution >= 4 is 46.6 Å². The van der Waals surface area contributed by atoms with Crippen LogP contribution in [0, 0.1) is 0 Å². The van der Waals surface area contributed by atoms with Gasteiger partial charge in [0.25, 0.3) is 5.97 Å². The lowest BCUT2D eigenvalue weighted by Gasteiger charge is -1.69. The van der Waals surface area contributed by atoms with Crippen LogP contribution in [0.2, 0.25) is 0 Å². The van der Waals surface area contributed by atoms with Gasteiger partial charge in [-0.1, -0.05) is 34.8 Å². The maximum absolute atomic E-state index is 9.44. The molecule has 0 aliphatic heterocycles. The van der Waals surface area contributed by atoms with Gasteiger partial charge >= 0.3 is 0 Å². The topological polar surface area (TPSA) is 106 Å². The molecule has 96 valence electrons. The van der Waals surface area contributed by atoms with Crippen LogP contribution in [0.3, 0.4) is 0 Å². The molecule has 0 atom stereocenters. The summed E-state index contributed by atoms with van der Waals surface area (Å²) in [6.45, 7) is 4.14. The first-order chi connectivity index (χ1) is 6.20. The highest BCUT2D eigenvalue weighted by molar-refractivity contribution is 6.63. The zero-order valence-corrected chi connectivity index (χ0v) is 11.2. The summed E-state index contributed by atoms with van der Waals surface area (Å²) in [5.74, 6) is -0.667. The van der Waals surface area contributed by atoms with Crippen LogP contribution in [-0.4, -0.2) is 38.8 Å². The van der Waals surface area contributed by atoms with E-state index < -0.39 is 10.3 Å². The Kier molecular flexibility index (Phi) is 57.2. The summed E-state index contributed by atoms with van der Waals surface area (Å²) in [6, 6.07) is 0. The number of aliphatic hydroxyl groups is 1. The Hall–Kier alpha value is -0.0700. The Morgan fingerprint density at radius 1 is 1.00 bits per heavy atom. The zero-order valence-electron chi connectivity index (χ0n) is 8.92. The molecule has 4 N–H and O–H groups in total. The molecular weight excluding hydrogens is 270 g/mol. The minimum Gasteiger partial charge on any atom is -0.481 e. The highest BCUT2D eigenvalue weighted by atomic mass is 35.6. The monoisotopic (exact) mass is 286 g/mol. The number of rotatable bonds is 0. The fourth-order valence-corrected chi connectivity index (χ4v) is 0. The standard InChI is InChI=1S/C3H6O.C2H4O2.CHCl3.CH4O.H2O/c1-3(2)4;1-2(3)4;2-1(3)4;1-2;/h1-2H3;1H3,(H,3,4);1H;2H,1H3;1H2. The molecule has 15 heavy (non-hydrogen) atoms. The van der Waals surface area contributed by atoms with Gasteiger partial charge in [-0.05, 0) is 13.8 Å². The number of Topliss-reactive ketones (excluding diaryl/α,β-unsaturated/α-hetero) is 1. The molecule has 0 aliphatic carbocycles. The first kappa shape index (κ1) is 29.4. The molecule has 0 saturated carbocycles. The van der Waals surface area contributed by atoms with Gasteiger partial charge in [-0.2, -0.15) is 0 Å². The van der Waals surface area contributed by atoms with E-state index in [-0.39, 0.29) is 11.3 Å². The molecule has 0 radical (unpaired) electrons. The third-order valence-corrected chi connectivity index (χ3v) is 0. The number of hydrogen-bond donors (Lipinski definition) is 2. The summed E-state index contributed by atoms with van der Waals surface area (Å²) >= 11 is 14.4. The fraction of sp³-hybridized carbons (Fsp3) is 0.714. The third kappa shape index (κ3) is 405000. The predicted octanol–water partition coefficient (Wildman–Crippen LogP) is 1.46. The summed E-state index contributed by atoms with van der Waals surface area (Å²) in [6.07, 6.45) is 0. The molecule has 0 heterocycles. The van der Waals surface area contributed by atoms with E-state index >= 15 is 0 Å². The maximum Gasteiger partial charge on any atom is 0.300 e. The van der Waals surface area contributed by atoms with E-state index in [0.717, 1.165) is 14.0 Å². The van der Waals surface area contributed by atoms with Crippen LogP contribution >= 0.6 is 34.8 Å². The molecule has 8 heteroatoms. The summed E-state index contributed by atoms with van der Waals surface area (Å²) in [4.78, 5) is 18.4. The van der Waals surface area contributed by atoms with E-state index in [0.29, 0.717) is 0 Å². The predicted molar refractivity (Wildman–Crippen MR) is 62.8 cm³/mol. The molecule has 0 rings (SSSR count). The lowest BCUT2D eigenvalue weighted by atomic mass is 10.6. The lowest BCUT2D eigenvalue weighted by molar-refractivity contribution is -0.134. The number of carbonyl (C=O) groups excluding carboxylic acids is 1. The highest BCUT2D eigenvalue weighted by Crippen LogP contribution is 2.03. The van der Waals surface area contributed by atoms with Crippen molar-refractivity contribution in [2.24, 2.45) is 0 Å². The van der Waals surface area contributed by atoms with Gasteiger partial charge in [0.2, 0.25) is 0 Å². The van der Waals surface area contributed by atoms with Crippen molar-refractivity contribution in [1.82, 2.24) is 0 Å². The minimum absolute atomic E-state index is 0. The van der Waals surface area contributed by atoms with Gasteiger partial charge in [0.15, 0.2) is 4.30 Å². The summed E-state index contributed by atoms with van der Waals surface area (Å²) in [5.41, 5.74) is 0. The first-order valence-corrected chi connectivity index (χ1v) is 4.54. The Labute approximate surface area is 104 Å². The number of carboxylic acid groups (broad SMARTS) is 1. The smallest absolute Gasteiger partial charge is 0.300 e. The minimum atomic E-state index is -0.833. The Morgan fingerprint density at radius 3 is 1.00 bits per heavy atom. The maximum atomic E-state index is 9.44. The van der Waals surface area contributed by atoms with E-state index in [9.17, 15) is 4.79 Å². The number of ketones is 1. The molecule has 0 spiro atoms. The molecule has 0 saturated heterocycles. The van der Waals surface area contributed by atoms with E-state index in [2.05, 4.69) is 0 Å². The van der Waals surface area contributed by atoms with E-state index in [4.69, 9.17) is 49.8 Å². The Balaban J connectivity index is -0.0000000298. The van der Waals surface area contributed by atoms with Crippen molar-refractivity contribution in [3.05, 3.63) is 0 Å². The van der Waals surface area contributed by atoms with Crippen LogP contribution in [0.5, 0.6) is 0 Å². The number of carbonyl (C=O) groups is 2. The van der Waals surface area contributed by atoms with E-state index in [1.807, 2.05) is 0 Å². The highest BCUT2D eigenvalue weighted by Gasteiger charge is 1.78. The van der Waals surface area contributed by atoms with Gasteiger partial charge in [0.05, 0.1) is 0 Å². The van der Waals surface area contributed by atoms with Crippen molar-refractivity contribution in [1.29, 1.82) is 0 Å². The molecular formula is C7H17Cl3O5. The number of aliphatic carboxylic acids is 1. The Morgan fingerprint density at radius 2 is 1.00 bits per heavy atom. The van der Waals surface area contributed by atoms with E-state index in [1.165, 1.54) is 13.8 Å². The van der Waals surface area contributed by atoms with Crippen LogP contribution < -0.4 is 0 Å².